The molecule has 0 spiro atoms. The van der Waals surface area contributed by atoms with E-state index in [2.05, 4.69) is 20.5 Å². The molecule has 1 aliphatic rings. The van der Waals surface area contributed by atoms with E-state index in [1.54, 1.807) is 0 Å². The molecular weight excluding hydrogens is 370 g/mol. The van der Waals surface area contributed by atoms with Crippen molar-refractivity contribution in [3.8, 4) is 0 Å². The fraction of sp³-hybridized carbons (Fsp3) is 0.286. The molecule has 1 saturated heterocycles. The van der Waals surface area contributed by atoms with Crippen LogP contribution in [0.1, 0.15) is 34.6 Å². The summed E-state index contributed by atoms with van der Waals surface area (Å²) >= 11 is 1.43. The molecule has 2 aromatic heterocycles. The monoisotopic (exact) mass is 393 g/mol. The molecule has 1 amide bonds. The van der Waals surface area contributed by atoms with Crippen molar-refractivity contribution in [1.82, 2.24) is 9.97 Å². The molecule has 0 radical (unpaired) electrons. The summed E-state index contributed by atoms with van der Waals surface area (Å²) in [6.45, 7) is 4.02. The Bertz CT molecular complexity index is 934. The van der Waals surface area contributed by atoms with Gasteiger partial charge in [-0.15, -0.1) is 11.3 Å². The Morgan fingerprint density at radius 2 is 1.79 bits per heavy atom. The highest BCUT2D eigenvalue weighted by Crippen LogP contribution is 2.22. The van der Waals surface area contributed by atoms with Crippen LogP contribution in [0.5, 0.6) is 0 Å². The van der Waals surface area contributed by atoms with Crippen LogP contribution in [0.3, 0.4) is 0 Å². The van der Waals surface area contributed by atoms with Gasteiger partial charge in [0.25, 0.3) is 5.91 Å². The van der Waals surface area contributed by atoms with Gasteiger partial charge in [0.05, 0.1) is 4.88 Å². The van der Waals surface area contributed by atoms with Gasteiger partial charge in [0.2, 0.25) is 5.95 Å². The minimum absolute atomic E-state index is 0.0895. The quantitative estimate of drug-likeness (QED) is 0.649. The minimum atomic E-state index is -0.0895. The van der Waals surface area contributed by atoms with E-state index in [-0.39, 0.29) is 5.91 Å². The minimum Gasteiger partial charge on any atom is -0.341 e. The molecule has 0 unspecified atom stereocenters. The Labute approximate surface area is 168 Å². The summed E-state index contributed by atoms with van der Waals surface area (Å²) in [7, 11) is 0. The maximum absolute atomic E-state index is 12.1. The zero-order chi connectivity index (χ0) is 19.3. The Kier molecular flexibility index (Phi) is 5.53. The normalized spacial score (nSPS) is 14.0. The van der Waals surface area contributed by atoms with Crippen molar-refractivity contribution in [1.29, 1.82) is 0 Å². The standard InChI is InChI=1S/C21H23N5OS/c1-15-14-19(25-21(22-15)26-11-3-2-4-12-26)23-16-7-9-17(10-8-16)24-20(27)18-6-5-13-28-18/h5-10,13-14H,2-4,11-12H2,1H3,(H,24,27)(H,22,23,25). The van der Waals surface area contributed by atoms with Gasteiger partial charge in [-0.1, -0.05) is 6.07 Å². The highest BCUT2D eigenvalue weighted by molar-refractivity contribution is 7.12. The van der Waals surface area contributed by atoms with Gasteiger partial charge in [-0.3, -0.25) is 4.79 Å². The zero-order valence-corrected chi connectivity index (χ0v) is 16.6. The lowest BCUT2D eigenvalue weighted by molar-refractivity contribution is 0.103. The lowest BCUT2D eigenvalue weighted by Gasteiger charge is -2.27. The Morgan fingerprint density at radius 1 is 1.04 bits per heavy atom. The van der Waals surface area contributed by atoms with E-state index in [4.69, 9.17) is 4.98 Å². The summed E-state index contributed by atoms with van der Waals surface area (Å²) in [6, 6.07) is 13.3. The fourth-order valence-corrected chi connectivity index (χ4v) is 3.86. The molecule has 1 aliphatic heterocycles. The molecule has 3 aromatic rings. The number of thiophene rings is 1. The van der Waals surface area contributed by atoms with Crippen LogP contribution >= 0.6 is 11.3 Å². The van der Waals surface area contributed by atoms with E-state index in [9.17, 15) is 4.79 Å². The highest BCUT2D eigenvalue weighted by Gasteiger charge is 2.15. The molecule has 144 valence electrons. The van der Waals surface area contributed by atoms with Crippen molar-refractivity contribution in [3.05, 3.63) is 58.4 Å². The van der Waals surface area contributed by atoms with Crippen molar-refractivity contribution < 1.29 is 4.79 Å². The molecule has 0 bridgehead atoms. The highest BCUT2D eigenvalue weighted by atomic mass is 32.1. The molecule has 3 heterocycles. The van der Waals surface area contributed by atoms with Gasteiger partial charge in [0.15, 0.2) is 0 Å². The van der Waals surface area contributed by atoms with E-state index >= 15 is 0 Å². The first-order valence-corrected chi connectivity index (χ1v) is 10.4. The molecule has 1 fully saturated rings. The number of aryl methyl sites for hydroxylation is 1. The topological polar surface area (TPSA) is 70.2 Å². The largest absolute Gasteiger partial charge is 0.341 e. The molecule has 4 rings (SSSR count). The van der Waals surface area contributed by atoms with Crippen LogP contribution in [0.2, 0.25) is 0 Å². The predicted molar refractivity (Wildman–Crippen MR) is 115 cm³/mol. The molecule has 6 nitrogen and oxygen atoms in total. The summed E-state index contributed by atoms with van der Waals surface area (Å²) in [5.41, 5.74) is 2.62. The molecule has 0 aliphatic carbocycles. The van der Waals surface area contributed by atoms with Gasteiger partial charge in [0.1, 0.15) is 5.82 Å². The van der Waals surface area contributed by atoms with Crippen molar-refractivity contribution in [2.75, 3.05) is 28.6 Å². The van der Waals surface area contributed by atoms with E-state index in [1.807, 2.05) is 54.8 Å². The number of carbonyl (C=O) groups is 1. The molecule has 28 heavy (non-hydrogen) atoms. The molecule has 0 saturated carbocycles. The number of amides is 1. The van der Waals surface area contributed by atoms with Crippen molar-refractivity contribution in [2.24, 2.45) is 0 Å². The van der Waals surface area contributed by atoms with Gasteiger partial charge >= 0.3 is 0 Å². The maximum atomic E-state index is 12.1. The van der Waals surface area contributed by atoms with Crippen LogP contribution in [0.15, 0.2) is 47.8 Å². The number of nitrogens with one attached hydrogen (secondary N) is 2. The van der Waals surface area contributed by atoms with Crippen molar-refractivity contribution in [3.63, 3.8) is 0 Å². The van der Waals surface area contributed by atoms with Gasteiger partial charge in [-0.05, 0) is 61.9 Å². The number of carbonyl (C=O) groups excluding carboxylic acids is 1. The van der Waals surface area contributed by atoms with E-state index in [1.165, 1.54) is 30.6 Å². The smallest absolute Gasteiger partial charge is 0.265 e. The second-order valence-corrected chi connectivity index (χ2v) is 7.82. The van der Waals surface area contributed by atoms with Gasteiger partial charge in [0, 0.05) is 36.2 Å². The van der Waals surface area contributed by atoms with Crippen LogP contribution < -0.4 is 15.5 Å². The van der Waals surface area contributed by atoms with Crippen LogP contribution in [-0.4, -0.2) is 29.0 Å². The third-order valence-electron chi connectivity index (χ3n) is 4.64. The Hall–Kier alpha value is -2.93. The number of rotatable bonds is 5. The first kappa shape index (κ1) is 18.4. The number of hydrogen-bond acceptors (Lipinski definition) is 6. The average Bonchev–Trinajstić information content (AvgIpc) is 3.25. The van der Waals surface area contributed by atoms with E-state index < -0.39 is 0 Å². The Balaban J connectivity index is 1.44. The summed E-state index contributed by atoms with van der Waals surface area (Å²) in [6.07, 6.45) is 3.67. The molecular formula is C21H23N5OS. The molecule has 0 atom stereocenters. The molecule has 1 aromatic carbocycles. The lowest BCUT2D eigenvalue weighted by atomic mass is 10.1. The van der Waals surface area contributed by atoms with Crippen molar-refractivity contribution >= 4 is 40.4 Å². The third kappa shape index (κ3) is 4.48. The van der Waals surface area contributed by atoms with Crippen LogP contribution in [-0.2, 0) is 0 Å². The van der Waals surface area contributed by atoms with Crippen LogP contribution in [0.4, 0.5) is 23.1 Å². The number of aromatic nitrogens is 2. The second-order valence-electron chi connectivity index (χ2n) is 6.88. The maximum Gasteiger partial charge on any atom is 0.265 e. The second kappa shape index (κ2) is 8.39. The van der Waals surface area contributed by atoms with Gasteiger partial charge in [-0.25, -0.2) is 4.98 Å². The first-order chi connectivity index (χ1) is 13.7. The number of hydrogen-bond donors (Lipinski definition) is 2. The van der Waals surface area contributed by atoms with E-state index in [0.29, 0.717) is 4.88 Å². The number of nitrogens with zero attached hydrogens (tertiary/aromatic N) is 3. The third-order valence-corrected chi connectivity index (χ3v) is 5.51. The Morgan fingerprint density at radius 3 is 2.50 bits per heavy atom. The number of anilines is 4. The van der Waals surface area contributed by atoms with Gasteiger partial charge in [-0.2, -0.15) is 4.98 Å². The summed E-state index contributed by atoms with van der Waals surface area (Å²) < 4.78 is 0. The van der Waals surface area contributed by atoms with Crippen molar-refractivity contribution in [2.45, 2.75) is 26.2 Å². The zero-order valence-electron chi connectivity index (χ0n) is 15.8. The lowest BCUT2D eigenvalue weighted by Crippen LogP contribution is -2.31. The molecule has 2 N–H and O–H groups in total. The SMILES string of the molecule is Cc1cc(Nc2ccc(NC(=O)c3cccs3)cc2)nc(N2CCCCC2)n1. The average molecular weight is 394 g/mol. The number of benzene rings is 1. The van der Waals surface area contributed by atoms with Crippen LogP contribution in [0.25, 0.3) is 0 Å². The first-order valence-electron chi connectivity index (χ1n) is 9.50. The van der Waals surface area contributed by atoms with Crippen LogP contribution in [0, 0.1) is 6.92 Å². The molecule has 7 heteroatoms. The number of piperidine rings is 1. The summed E-state index contributed by atoms with van der Waals surface area (Å²) in [5.74, 6) is 1.48. The fourth-order valence-electron chi connectivity index (χ4n) is 3.24. The summed E-state index contributed by atoms with van der Waals surface area (Å²) in [4.78, 5) is 24.4. The van der Waals surface area contributed by atoms with E-state index in [0.717, 1.165) is 41.9 Å². The summed E-state index contributed by atoms with van der Waals surface area (Å²) in [5, 5.41) is 8.14. The predicted octanol–water partition coefficient (Wildman–Crippen LogP) is 4.83. The van der Waals surface area contributed by atoms with Gasteiger partial charge < -0.3 is 15.5 Å².